The quantitative estimate of drug-likeness (QED) is 0.622. The molecule has 2 aromatic carbocycles. The van der Waals surface area contributed by atoms with Gasteiger partial charge in [0.25, 0.3) is 0 Å². The molecule has 0 bridgehead atoms. The van der Waals surface area contributed by atoms with Crippen molar-refractivity contribution in [3.8, 4) is 5.75 Å². The fraction of sp³-hybridized carbons (Fsp3) is 0.300. The monoisotopic (exact) mass is 355 g/mol. The SMILES string of the molecule is CC(C)(C)c1ccc(OCC(=O)OCc2nc3ccccc3s2)cc1. The molecule has 25 heavy (non-hydrogen) atoms. The third-order valence-electron chi connectivity index (χ3n) is 3.77. The number of hydrogen-bond donors (Lipinski definition) is 0. The summed E-state index contributed by atoms with van der Waals surface area (Å²) in [5.74, 6) is 0.254. The molecule has 0 aliphatic carbocycles. The Labute approximate surface area is 151 Å². The lowest BCUT2D eigenvalue weighted by Gasteiger charge is -2.19. The summed E-state index contributed by atoms with van der Waals surface area (Å²) in [7, 11) is 0. The van der Waals surface area contributed by atoms with Crippen LogP contribution < -0.4 is 4.74 Å². The van der Waals surface area contributed by atoms with Gasteiger partial charge in [0.1, 0.15) is 17.4 Å². The van der Waals surface area contributed by atoms with Crippen molar-refractivity contribution in [1.82, 2.24) is 4.98 Å². The summed E-state index contributed by atoms with van der Waals surface area (Å²) in [6.07, 6.45) is 0. The smallest absolute Gasteiger partial charge is 0.344 e. The van der Waals surface area contributed by atoms with Gasteiger partial charge in [-0.25, -0.2) is 9.78 Å². The molecule has 4 nitrogen and oxygen atoms in total. The molecule has 0 fully saturated rings. The third-order valence-corrected chi connectivity index (χ3v) is 4.78. The van der Waals surface area contributed by atoms with Gasteiger partial charge in [0.05, 0.1) is 10.2 Å². The fourth-order valence-corrected chi connectivity index (χ4v) is 3.24. The molecule has 130 valence electrons. The number of ether oxygens (including phenoxy) is 2. The van der Waals surface area contributed by atoms with E-state index in [1.165, 1.54) is 16.9 Å². The van der Waals surface area contributed by atoms with Crippen molar-refractivity contribution < 1.29 is 14.3 Å². The summed E-state index contributed by atoms with van der Waals surface area (Å²) in [5.41, 5.74) is 2.24. The van der Waals surface area contributed by atoms with Crippen LogP contribution in [0.1, 0.15) is 31.3 Å². The van der Waals surface area contributed by atoms with Crippen molar-refractivity contribution in [2.24, 2.45) is 0 Å². The lowest BCUT2D eigenvalue weighted by molar-refractivity contribution is -0.147. The maximum Gasteiger partial charge on any atom is 0.344 e. The van der Waals surface area contributed by atoms with Crippen LogP contribution in [0.2, 0.25) is 0 Å². The van der Waals surface area contributed by atoms with E-state index in [2.05, 4.69) is 25.8 Å². The van der Waals surface area contributed by atoms with Gasteiger partial charge >= 0.3 is 5.97 Å². The Morgan fingerprint density at radius 3 is 2.48 bits per heavy atom. The van der Waals surface area contributed by atoms with Gasteiger partial charge in [0, 0.05) is 0 Å². The molecule has 3 rings (SSSR count). The molecule has 0 unspecified atom stereocenters. The summed E-state index contributed by atoms with van der Waals surface area (Å²) < 4.78 is 11.8. The Morgan fingerprint density at radius 1 is 1.08 bits per heavy atom. The number of nitrogens with zero attached hydrogens (tertiary/aromatic N) is 1. The van der Waals surface area contributed by atoms with E-state index >= 15 is 0 Å². The molecule has 3 aromatic rings. The summed E-state index contributed by atoms with van der Waals surface area (Å²) in [5, 5.41) is 0.782. The summed E-state index contributed by atoms with van der Waals surface area (Å²) in [4.78, 5) is 16.3. The molecule has 0 aliphatic rings. The van der Waals surface area contributed by atoms with E-state index in [1.54, 1.807) is 0 Å². The van der Waals surface area contributed by atoms with E-state index < -0.39 is 5.97 Å². The van der Waals surface area contributed by atoms with Crippen LogP contribution in [0, 0.1) is 0 Å². The summed E-state index contributed by atoms with van der Waals surface area (Å²) in [6.45, 7) is 6.52. The molecule has 0 saturated heterocycles. The fourth-order valence-electron chi connectivity index (χ4n) is 2.36. The number of aromatic nitrogens is 1. The molecule has 0 aliphatic heterocycles. The minimum Gasteiger partial charge on any atom is -0.482 e. The summed E-state index contributed by atoms with van der Waals surface area (Å²) in [6, 6.07) is 15.6. The highest BCUT2D eigenvalue weighted by Gasteiger charge is 2.13. The minimum absolute atomic E-state index is 0.0920. The van der Waals surface area contributed by atoms with Crippen LogP contribution in [-0.4, -0.2) is 17.6 Å². The average Bonchev–Trinajstić information content (AvgIpc) is 3.00. The molecule has 0 saturated carbocycles. The highest BCUT2D eigenvalue weighted by atomic mass is 32.1. The van der Waals surface area contributed by atoms with Crippen LogP contribution in [0.3, 0.4) is 0 Å². The second kappa shape index (κ2) is 7.23. The van der Waals surface area contributed by atoms with E-state index in [0.717, 1.165) is 15.2 Å². The van der Waals surface area contributed by atoms with Crippen LogP contribution in [0.15, 0.2) is 48.5 Å². The number of hydrogen-bond acceptors (Lipinski definition) is 5. The molecular formula is C20H21NO3S. The normalized spacial score (nSPS) is 11.5. The molecule has 1 heterocycles. The van der Waals surface area contributed by atoms with Gasteiger partial charge in [0.2, 0.25) is 0 Å². The van der Waals surface area contributed by atoms with E-state index in [4.69, 9.17) is 9.47 Å². The van der Waals surface area contributed by atoms with Gasteiger partial charge in [-0.15, -0.1) is 11.3 Å². The number of rotatable bonds is 5. The lowest BCUT2D eigenvalue weighted by atomic mass is 9.87. The van der Waals surface area contributed by atoms with Crippen molar-refractivity contribution in [3.63, 3.8) is 0 Å². The zero-order valence-electron chi connectivity index (χ0n) is 14.6. The Balaban J connectivity index is 1.49. The number of esters is 1. The summed E-state index contributed by atoms with van der Waals surface area (Å²) >= 11 is 1.53. The molecule has 0 N–H and O–H groups in total. The van der Waals surface area contributed by atoms with Crippen molar-refractivity contribution in [1.29, 1.82) is 0 Å². The molecule has 0 radical (unpaired) electrons. The maximum atomic E-state index is 11.9. The van der Waals surface area contributed by atoms with Crippen LogP contribution >= 0.6 is 11.3 Å². The van der Waals surface area contributed by atoms with Crippen molar-refractivity contribution in [2.75, 3.05) is 6.61 Å². The van der Waals surface area contributed by atoms with Crippen LogP contribution in [0.4, 0.5) is 0 Å². The highest BCUT2D eigenvalue weighted by molar-refractivity contribution is 7.18. The number of benzene rings is 2. The Hall–Kier alpha value is -2.40. The second-order valence-electron chi connectivity index (χ2n) is 6.80. The van der Waals surface area contributed by atoms with Crippen molar-refractivity contribution in [2.45, 2.75) is 32.8 Å². The van der Waals surface area contributed by atoms with Crippen molar-refractivity contribution in [3.05, 3.63) is 59.1 Å². The van der Waals surface area contributed by atoms with E-state index in [0.29, 0.717) is 5.75 Å². The molecule has 1 aromatic heterocycles. The number of carbonyl (C=O) groups is 1. The highest BCUT2D eigenvalue weighted by Crippen LogP contribution is 2.24. The zero-order valence-corrected chi connectivity index (χ0v) is 15.4. The largest absolute Gasteiger partial charge is 0.482 e. The van der Waals surface area contributed by atoms with Gasteiger partial charge in [0.15, 0.2) is 6.61 Å². The first-order valence-corrected chi connectivity index (χ1v) is 8.97. The average molecular weight is 355 g/mol. The first-order valence-electron chi connectivity index (χ1n) is 8.15. The van der Waals surface area contributed by atoms with Gasteiger partial charge in [-0.3, -0.25) is 0 Å². The molecule has 0 amide bonds. The van der Waals surface area contributed by atoms with Gasteiger partial charge in [-0.1, -0.05) is 45.0 Å². The standard InChI is InChI=1S/C20H21NO3S/c1-20(2,3)14-8-10-15(11-9-14)23-13-19(22)24-12-18-21-16-6-4-5-7-17(16)25-18/h4-11H,12-13H2,1-3H3. The number of para-hydroxylation sites is 1. The van der Waals surface area contributed by atoms with E-state index in [1.807, 2.05) is 48.5 Å². The lowest BCUT2D eigenvalue weighted by Crippen LogP contribution is -2.15. The molecular weight excluding hydrogens is 334 g/mol. The van der Waals surface area contributed by atoms with Gasteiger partial charge in [-0.2, -0.15) is 0 Å². The number of carbonyl (C=O) groups excluding carboxylic acids is 1. The molecule has 0 atom stereocenters. The Kier molecular flexibility index (Phi) is 5.04. The number of thiazole rings is 1. The first-order chi connectivity index (χ1) is 11.9. The van der Waals surface area contributed by atoms with Gasteiger partial charge in [-0.05, 0) is 35.2 Å². The van der Waals surface area contributed by atoms with E-state index in [9.17, 15) is 4.79 Å². The Morgan fingerprint density at radius 2 is 1.80 bits per heavy atom. The second-order valence-corrected chi connectivity index (χ2v) is 7.91. The van der Waals surface area contributed by atoms with Gasteiger partial charge < -0.3 is 9.47 Å². The van der Waals surface area contributed by atoms with Crippen LogP contribution in [0.25, 0.3) is 10.2 Å². The van der Waals surface area contributed by atoms with Crippen molar-refractivity contribution >= 4 is 27.5 Å². The molecule has 5 heteroatoms. The predicted octanol–water partition coefficient (Wildman–Crippen LogP) is 4.72. The molecule has 0 spiro atoms. The van der Waals surface area contributed by atoms with E-state index in [-0.39, 0.29) is 18.6 Å². The maximum absolute atomic E-state index is 11.9. The van der Waals surface area contributed by atoms with Crippen LogP contribution in [0.5, 0.6) is 5.75 Å². The minimum atomic E-state index is -0.404. The topological polar surface area (TPSA) is 48.4 Å². The Bertz CT molecular complexity index is 830. The predicted molar refractivity (Wildman–Crippen MR) is 100 cm³/mol. The first kappa shape index (κ1) is 17.4. The van der Waals surface area contributed by atoms with Crippen LogP contribution in [-0.2, 0) is 21.6 Å². The zero-order chi connectivity index (χ0) is 17.9. The third kappa shape index (κ3) is 4.57. The number of fused-ring (bicyclic) bond motifs is 1.